The second-order valence-corrected chi connectivity index (χ2v) is 2.74. The van der Waals surface area contributed by atoms with Crippen LogP contribution >= 0.6 is 0 Å². The summed E-state index contributed by atoms with van der Waals surface area (Å²) in [7, 11) is -1.25. The second kappa shape index (κ2) is 4.37. The number of allylic oxidation sites excluding steroid dienone is 4. The Morgan fingerprint density at radius 3 is 2.55 bits per heavy atom. The monoisotopic (exact) mass is 152 g/mol. The van der Waals surface area contributed by atoms with Crippen LogP contribution in [0.1, 0.15) is 25.7 Å². The van der Waals surface area contributed by atoms with Gasteiger partial charge in [0.15, 0.2) is 0 Å². The van der Waals surface area contributed by atoms with Gasteiger partial charge in [-0.05, 0) is 31.2 Å². The van der Waals surface area contributed by atoms with E-state index in [4.69, 9.17) is 10.0 Å². The number of hydrogen-bond acceptors (Lipinski definition) is 2. The molecular weight excluding hydrogens is 139 g/mol. The molecular formula is C8H13BO2. The van der Waals surface area contributed by atoms with E-state index >= 15 is 0 Å². The molecule has 0 spiro atoms. The minimum Gasteiger partial charge on any atom is -0.423 e. The van der Waals surface area contributed by atoms with Gasteiger partial charge in [-0.15, -0.1) is 0 Å². The zero-order chi connectivity index (χ0) is 8.10. The Bertz CT molecular complexity index is 173. The van der Waals surface area contributed by atoms with Crippen molar-refractivity contribution in [1.82, 2.24) is 0 Å². The molecule has 0 heterocycles. The van der Waals surface area contributed by atoms with Gasteiger partial charge in [-0.1, -0.05) is 18.2 Å². The molecule has 2 N–H and O–H groups in total. The molecule has 0 saturated heterocycles. The summed E-state index contributed by atoms with van der Waals surface area (Å²) in [4.78, 5) is 0. The Morgan fingerprint density at radius 1 is 1.09 bits per heavy atom. The highest BCUT2D eigenvalue weighted by molar-refractivity contribution is 6.50. The van der Waals surface area contributed by atoms with Gasteiger partial charge in [-0.25, -0.2) is 0 Å². The van der Waals surface area contributed by atoms with Gasteiger partial charge in [-0.2, -0.15) is 0 Å². The lowest BCUT2D eigenvalue weighted by molar-refractivity contribution is 0.416. The summed E-state index contributed by atoms with van der Waals surface area (Å²) in [6.07, 6.45) is 9.78. The van der Waals surface area contributed by atoms with Crippen molar-refractivity contribution < 1.29 is 10.0 Å². The fraction of sp³-hybridized carbons (Fsp3) is 0.500. The van der Waals surface area contributed by atoms with Gasteiger partial charge >= 0.3 is 7.12 Å². The smallest absolute Gasteiger partial charge is 0.423 e. The third kappa shape index (κ3) is 2.91. The molecule has 0 radical (unpaired) electrons. The summed E-state index contributed by atoms with van der Waals surface area (Å²) in [6, 6.07) is 0. The van der Waals surface area contributed by atoms with Crippen molar-refractivity contribution in [2.24, 2.45) is 0 Å². The highest BCUT2D eigenvalue weighted by atomic mass is 16.4. The summed E-state index contributed by atoms with van der Waals surface area (Å²) in [5.74, 6) is 0. The molecule has 0 aromatic heterocycles. The summed E-state index contributed by atoms with van der Waals surface area (Å²) in [6.45, 7) is 0. The fourth-order valence-corrected chi connectivity index (χ4v) is 1.19. The van der Waals surface area contributed by atoms with Gasteiger partial charge in [-0.3, -0.25) is 0 Å². The lowest BCUT2D eigenvalue weighted by Crippen LogP contribution is -2.15. The minimum absolute atomic E-state index is 0.759. The van der Waals surface area contributed by atoms with Crippen LogP contribution < -0.4 is 0 Å². The number of rotatable bonds is 1. The third-order valence-corrected chi connectivity index (χ3v) is 1.84. The van der Waals surface area contributed by atoms with Gasteiger partial charge in [0, 0.05) is 0 Å². The van der Waals surface area contributed by atoms with Crippen LogP contribution in [0.25, 0.3) is 0 Å². The molecule has 2 nitrogen and oxygen atoms in total. The Morgan fingerprint density at radius 2 is 1.82 bits per heavy atom. The molecule has 0 saturated carbocycles. The molecule has 60 valence electrons. The van der Waals surface area contributed by atoms with Crippen LogP contribution in [-0.2, 0) is 0 Å². The normalized spacial score (nSPS) is 26.2. The summed E-state index contributed by atoms with van der Waals surface area (Å²) < 4.78 is 0. The molecule has 0 amide bonds. The molecule has 0 aromatic carbocycles. The van der Waals surface area contributed by atoms with Crippen molar-refractivity contribution in [3.63, 3.8) is 0 Å². The van der Waals surface area contributed by atoms with Gasteiger partial charge in [0.05, 0.1) is 0 Å². The van der Waals surface area contributed by atoms with E-state index in [0.717, 1.165) is 31.2 Å². The van der Waals surface area contributed by atoms with Crippen molar-refractivity contribution in [3.05, 3.63) is 23.7 Å². The first-order chi connectivity index (χ1) is 5.30. The quantitative estimate of drug-likeness (QED) is 0.435. The molecule has 0 fully saturated rings. The predicted molar refractivity (Wildman–Crippen MR) is 45.9 cm³/mol. The van der Waals surface area contributed by atoms with Crippen molar-refractivity contribution in [1.29, 1.82) is 0 Å². The first kappa shape index (κ1) is 8.56. The SMILES string of the molecule is OB(O)/C1=C/CC/C=C\CC1. The predicted octanol–water partition coefficient (Wildman–Crippen LogP) is 1.05. The summed E-state index contributed by atoms with van der Waals surface area (Å²) in [5, 5.41) is 17.7. The number of hydrogen-bond donors (Lipinski definition) is 2. The molecule has 1 aliphatic rings. The van der Waals surface area contributed by atoms with Crippen LogP contribution in [0.3, 0.4) is 0 Å². The van der Waals surface area contributed by atoms with Crippen molar-refractivity contribution >= 4 is 7.12 Å². The first-order valence-corrected chi connectivity index (χ1v) is 4.01. The van der Waals surface area contributed by atoms with E-state index in [9.17, 15) is 0 Å². The highest BCUT2D eigenvalue weighted by Gasteiger charge is 2.13. The molecule has 11 heavy (non-hydrogen) atoms. The largest absolute Gasteiger partial charge is 0.483 e. The van der Waals surface area contributed by atoms with Crippen molar-refractivity contribution in [2.45, 2.75) is 25.7 Å². The van der Waals surface area contributed by atoms with E-state index in [1.807, 2.05) is 6.08 Å². The van der Waals surface area contributed by atoms with Crippen LogP contribution in [0.15, 0.2) is 23.7 Å². The Balaban J connectivity index is 2.50. The summed E-state index contributed by atoms with van der Waals surface area (Å²) >= 11 is 0. The van der Waals surface area contributed by atoms with E-state index in [2.05, 4.69) is 12.2 Å². The topological polar surface area (TPSA) is 40.5 Å². The fourth-order valence-electron chi connectivity index (χ4n) is 1.19. The highest BCUT2D eigenvalue weighted by Crippen LogP contribution is 2.12. The average Bonchev–Trinajstić information content (AvgIpc) is 1.84. The maximum atomic E-state index is 8.86. The second-order valence-electron chi connectivity index (χ2n) is 2.74. The third-order valence-electron chi connectivity index (χ3n) is 1.84. The molecule has 3 heteroatoms. The summed E-state index contributed by atoms with van der Waals surface area (Å²) in [5.41, 5.74) is 0.759. The van der Waals surface area contributed by atoms with Crippen LogP contribution in [0.4, 0.5) is 0 Å². The zero-order valence-corrected chi connectivity index (χ0v) is 6.53. The van der Waals surface area contributed by atoms with Crippen LogP contribution in [0, 0.1) is 0 Å². The Hall–Kier alpha value is -0.535. The zero-order valence-electron chi connectivity index (χ0n) is 6.53. The lowest BCUT2D eigenvalue weighted by atomic mass is 9.75. The average molecular weight is 152 g/mol. The molecule has 1 rings (SSSR count). The first-order valence-electron chi connectivity index (χ1n) is 4.01. The van der Waals surface area contributed by atoms with Gasteiger partial charge < -0.3 is 10.0 Å². The lowest BCUT2D eigenvalue weighted by Gasteiger charge is -2.06. The van der Waals surface area contributed by atoms with Gasteiger partial charge in [0.1, 0.15) is 0 Å². The maximum Gasteiger partial charge on any atom is 0.483 e. The molecule has 0 aromatic rings. The maximum absolute atomic E-state index is 8.86. The van der Waals surface area contributed by atoms with Crippen LogP contribution in [0.5, 0.6) is 0 Å². The van der Waals surface area contributed by atoms with Crippen LogP contribution in [0.2, 0.25) is 0 Å². The van der Waals surface area contributed by atoms with Crippen LogP contribution in [-0.4, -0.2) is 17.2 Å². The minimum atomic E-state index is -1.25. The Labute approximate surface area is 67.4 Å². The van der Waals surface area contributed by atoms with E-state index in [1.54, 1.807) is 0 Å². The van der Waals surface area contributed by atoms with E-state index in [1.165, 1.54) is 0 Å². The van der Waals surface area contributed by atoms with Gasteiger partial charge in [0.2, 0.25) is 0 Å². The van der Waals surface area contributed by atoms with Crippen molar-refractivity contribution in [3.8, 4) is 0 Å². The van der Waals surface area contributed by atoms with Crippen molar-refractivity contribution in [2.75, 3.05) is 0 Å². The standard InChI is InChI=1S/C8H13BO2/c10-9(11)8-6-4-2-1-3-5-7-8/h1-2,7,10-11H,3-6H2/b2-1-,8-7+. The molecule has 0 atom stereocenters. The van der Waals surface area contributed by atoms with Gasteiger partial charge in [0.25, 0.3) is 0 Å². The molecule has 0 unspecified atom stereocenters. The molecule has 1 aliphatic carbocycles. The Kier molecular flexibility index (Phi) is 3.40. The molecule has 0 aliphatic heterocycles. The van der Waals surface area contributed by atoms with E-state index in [0.29, 0.717) is 0 Å². The molecule has 0 bridgehead atoms. The van der Waals surface area contributed by atoms with E-state index in [-0.39, 0.29) is 0 Å². The van der Waals surface area contributed by atoms with E-state index < -0.39 is 7.12 Å².